The van der Waals surface area contributed by atoms with Crippen molar-refractivity contribution < 1.29 is 19.1 Å². The number of carbonyl (C=O) groups excluding carboxylic acids is 2. The van der Waals surface area contributed by atoms with Gasteiger partial charge in [0.25, 0.3) is 5.91 Å². The molecule has 178 valence electrons. The maximum absolute atomic E-state index is 12.6. The molecule has 0 aliphatic carbocycles. The van der Waals surface area contributed by atoms with Crippen molar-refractivity contribution in [3.05, 3.63) is 106 Å². The van der Waals surface area contributed by atoms with Crippen LogP contribution in [0.1, 0.15) is 15.2 Å². The van der Waals surface area contributed by atoms with Gasteiger partial charge in [0.1, 0.15) is 16.4 Å². The fourth-order valence-corrected chi connectivity index (χ4v) is 4.98. The van der Waals surface area contributed by atoms with E-state index in [1.54, 1.807) is 24.3 Å². The third-order valence-electron chi connectivity index (χ3n) is 5.32. The maximum atomic E-state index is 12.6. The number of amides is 1. The minimum absolute atomic E-state index is 0.166. The van der Waals surface area contributed by atoms with Gasteiger partial charge in [-0.15, -0.1) is 11.3 Å². The molecule has 8 heteroatoms. The second kappa shape index (κ2) is 10.6. The van der Waals surface area contributed by atoms with E-state index in [-0.39, 0.29) is 12.5 Å². The fourth-order valence-electron chi connectivity index (χ4n) is 3.60. The largest absolute Gasteiger partial charge is 0.483 e. The number of nitrogens with zero attached hydrogens (tertiary/aromatic N) is 1. The minimum atomic E-state index is -0.513. The number of esters is 1. The number of hydrogen-bond acceptors (Lipinski definition) is 6. The first kappa shape index (κ1) is 23.5. The summed E-state index contributed by atoms with van der Waals surface area (Å²) in [5, 5.41) is 7.15. The fraction of sp³-hybridized carbons (Fsp3) is 0.0357. The Kier molecular flexibility index (Phi) is 6.93. The van der Waals surface area contributed by atoms with Crippen molar-refractivity contribution in [2.45, 2.75) is 0 Å². The molecule has 5 aromatic rings. The van der Waals surface area contributed by atoms with E-state index in [1.807, 2.05) is 66.7 Å². The molecule has 5 rings (SSSR count). The number of nitrogens with one attached hydrogen (secondary N) is 1. The van der Waals surface area contributed by atoms with Gasteiger partial charge in [-0.25, -0.2) is 10.2 Å². The van der Waals surface area contributed by atoms with E-state index in [0.717, 1.165) is 20.9 Å². The van der Waals surface area contributed by atoms with Crippen molar-refractivity contribution in [1.29, 1.82) is 0 Å². The average molecular weight is 515 g/mol. The van der Waals surface area contributed by atoms with Gasteiger partial charge >= 0.3 is 5.97 Å². The third kappa shape index (κ3) is 5.22. The van der Waals surface area contributed by atoms with Crippen LogP contribution in [0.2, 0.25) is 5.02 Å². The highest BCUT2D eigenvalue weighted by Crippen LogP contribution is 2.35. The molecule has 1 aromatic heterocycles. The van der Waals surface area contributed by atoms with E-state index in [0.29, 0.717) is 27.0 Å². The van der Waals surface area contributed by atoms with Gasteiger partial charge in [0.2, 0.25) is 0 Å². The van der Waals surface area contributed by atoms with Crippen molar-refractivity contribution in [2.24, 2.45) is 5.10 Å². The first-order valence-corrected chi connectivity index (χ1v) is 12.2. The Hall–Kier alpha value is -4.20. The Morgan fingerprint density at radius 2 is 1.61 bits per heavy atom. The van der Waals surface area contributed by atoms with Crippen LogP contribution in [0.15, 0.2) is 96.1 Å². The number of rotatable bonds is 7. The predicted octanol–water partition coefficient (Wildman–Crippen LogP) is 6.46. The SMILES string of the molecule is O=C(COc1cccc2ccccc12)NN=Cc1ccc(OC(=O)c2sc3ccccc3c2Cl)cc1. The number of thiophene rings is 1. The lowest BCUT2D eigenvalue weighted by molar-refractivity contribution is -0.123. The summed E-state index contributed by atoms with van der Waals surface area (Å²) >= 11 is 7.65. The Bertz CT molecular complexity index is 1590. The van der Waals surface area contributed by atoms with Crippen LogP contribution in [0.5, 0.6) is 11.5 Å². The number of hydrazone groups is 1. The maximum Gasteiger partial charge on any atom is 0.355 e. The van der Waals surface area contributed by atoms with E-state index in [9.17, 15) is 9.59 Å². The molecule has 0 radical (unpaired) electrons. The molecule has 1 amide bonds. The van der Waals surface area contributed by atoms with Crippen molar-refractivity contribution in [2.75, 3.05) is 6.61 Å². The van der Waals surface area contributed by atoms with E-state index >= 15 is 0 Å². The van der Waals surface area contributed by atoms with Gasteiger partial charge in [-0.05, 0) is 47.3 Å². The molecule has 0 atom stereocenters. The molecule has 4 aromatic carbocycles. The third-order valence-corrected chi connectivity index (χ3v) is 6.98. The van der Waals surface area contributed by atoms with Gasteiger partial charge in [-0.2, -0.15) is 5.10 Å². The molecule has 0 saturated carbocycles. The van der Waals surface area contributed by atoms with Gasteiger partial charge in [-0.3, -0.25) is 4.79 Å². The lowest BCUT2D eigenvalue weighted by atomic mass is 10.1. The van der Waals surface area contributed by atoms with Crippen molar-refractivity contribution in [1.82, 2.24) is 5.43 Å². The molecular formula is C28H19ClN2O4S. The zero-order valence-electron chi connectivity index (χ0n) is 18.8. The van der Waals surface area contributed by atoms with Crippen LogP contribution in [-0.2, 0) is 4.79 Å². The number of halogens is 1. The summed E-state index contributed by atoms with van der Waals surface area (Å²) in [5.41, 5.74) is 3.16. The Morgan fingerprint density at radius 1 is 0.889 bits per heavy atom. The van der Waals surface area contributed by atoms with Crippen molar-refractivity contribution in [3.63, 3.8) is 0 Å². The molecular weight excluding hydrogens is 496 g/mol. The molecule has 6 nitrogen and oxygen atoms in total. The summed E-state index contributed by atoms with van der Waals surface area (Å²) in [5.74, 6) is 0.110. The van der Waals surface area contributed by atoms with Crippen LogP contribution in [0.25, 0.3) is 20.9 Å². The quantitative estimate of drug-likeness (QED) is 0.117. The standard InChI is InChI=1S/C28H19ClN2O4S/c29-26-22-9-3-4-11-24(22)36-27(26)28(33)35-20-14-12-18(13-15-20)16-30-31-25(32)17-34-23-10-5-7-19-6-1-2-8-21(19)23/h1-16H,17H2,(H,31,32). The highest BCUT2D eigenvalue weighted by Gasteiger charge is 2.18. The topological polar surface area (TPSA) is 77.0 Å². The first-order valence-electron chi connectivity index (χ1n) is 11.0. The second-order valence-electron chi connectivity index (χ2n) is 7.76. The second-order valence-corrected chi connectivity index (χ2v) is 9.19. The lowest BCUT2D eigenvalue weighted by Gasteiger charge is -2.08. The number of hydrogen-bond donors (Lipinski definition) is 1. The Labute approximate surface area is 215 Å². The Morgan fingerprint density at radius 3 is 2.42 bits per heavy atom. The van der Waals surface area contributed by atoms with Crippen LogP contribution >= 0.6 is 22.9 Å². The highest BCUT2D eigenvalue weighted by atomic mass is 35.5. The Balaban J connectivity index is 1.14. The molecule has 0 fully saturated rings. The van der Waals surface area contributed by atoms with Crippen LogP contribution in [0.4, 0.5) is 0 Å². The number of fused-ring (bicyclic) bond motifs is 2. The number of carbonyl (C=O) groups is 2. The summed E-state index contributed by atoms with van der Waals surface area (Å²) in [4.78, 5) is 25.1. The molecule has 0 bridgehead atoms. The van der Waals surface area contributed by atoms with Gasteiger partial charge in [-0.1, -0.05) is 66.2 Å². The smallest absolute Gasteiger partial charge is 0.355 e. The van der Waals surface area contributed by atoms with Crippen LogP contribution in [0, 0.1) is 0 Å². The zero-order chi connectivity index (χ0) is 24.9. The molecule has 0 aliphatic rings. The van der Waals surface area contributed by atoms with Gasteiger partial charge < -0.3 is 9.47 Å². The van der Waals surface area contributed by atoms with E-state index < -0.39 is 5.97 Å². The van der Waals surface area contributed by atoms with Crippen LogP contribution in [0.3, 0.4) is 0 Å². The summed E-state index contributed by atoms with van der Waals surface area (Å²) < 4.78 is 12.0. The van der Waals surface area contributed by atoms with Crippen molar-refractivity contribution in [3.8, 4) is 11.5 Å². The molecule has 36 heavy (non-hydrogen) atoms. The van der Waals surface area contributed by atoms with Gasteiger partial charge in [0.15, 0.2) is 6.61 Å². The normalized spacial score (nSPS) is 11.1. The highest BCUT2D eigenvalue weighted by molar-refractivity contribution is 7.21. The molecule has 0 spiro atoms. The first-order chi connectivity index (χ1) is 17.6. The predicted molar refractivity (Wildman–Crippen MR) is 143 cm³/mol. The summed E-state index contributed by atoms with van der Waals surface area (Å²) in [6.45, 7) is -0.166. The average Bonchev–Trinajstić information content (AvgIpc) is 3.25. The minimum Gasteiger partial charge on any atom is -0.483 e. The summed E-state index contributed by atoms with van der Waals surface area (Å²) in [6, 6.07) is 27.8. The summed E-state index contributed by atoms with van der Waals surface area (Å²) in [7, 11) is 0. The van der Waals surface area contributed by atoms with E-state index in [1.165, 1.54) is 17.6 Å². The molecule has 0 unspecified atom stereocenters. The molecule has 1 heterocycles. The molecule has 0 saturated heterocycles. The van der Waals surface area contributed by atoms with E-state index in [4.69, 9.17) is 21.1 Å². The number of ether oxygens (including phenoxy) is 2. The summed E-state index contributed by atoms with van der Waals surface area (Å²) in [6.07, 6.45) is 1.49. The van der Waals surface area contributed by atoms with Crippen LogP contribution < -0.4 is 14.9 Å². The molecule has 1 N–H and O–H groups in total. The molecule has 0 aliphatic heterocycles. The lowest BCUT2D eigenvalue weighted by Crippen LogP contribution is -2.24. The zero-order valence-corrected chi connectivity index (χ0v) is 20.4. The van der Waals surface area contributed by atoms with Crippen LogP contribution in [-0.4, -0.2) is 24.7 Å². The van der Waals surface area contributed by atoms with E-state index in [2.05, 4.69) is 10.5 Å². The monoisotopic (exact) mass is 514 g/mol. The van der Waals surface area contributed by atoms with Gasteiger partial charge in [0.05, 0.1) is 11.2 Å². The van der Waals surface area contributed by atoms with Gasteiger partial charge in [0, 0.05) is 15.5 Å². The number of benzene rings is 4. The van der Waals surface area contributed by atoms with Crippen molar-refractivity contribution >= 4 is 61.9 Å².